The molecule has 0 N–H and O–H groups in total. The summed E-state index contributed by atoms with van der Waals surface area (Å²) in [6.07, 6.45) is 3.18. The summed E-state index contributed by atoms with van der Waals surface area (Å²) in [5.74, 6) is -0.340. The predicted octanol–water partition coefficient (Wildman–Crippen LogP) is 3.08. The van der Waals surface area contributed by atoms with Crippen molar-refractivity contribution in [1.29, 1.82) is 0 Å². The summed E-state index contributed by atoms with van der Waals surface area (Å²) in [6, 6.07) is 9.65. The molecule has 0 bridgehead atoms. The minimum Gasteiger partial charge on any atom is -0.364 e. The monoisotopic (exact) mass is 299 g/mol. The first-order valence-corrected chi connectivity index (χ1v) is 5.46. The van der Waals surface area contributed by atoms with Gasteiger partial charge in [-0.15, -0.1) is 22.0 Å². The van der Waals surface area contributed by atoms with Gasteiger partial charge in [-0.1, -0.05) is 30.3 Å². The number of halogens is 1. The molecule has 0 spiro atoms. The van der Waals surface area contributed by atoms with E-state index in [2.05, 4.69) is 0 Å². The molecule has 94 valence electrons. The molecule has 0 unspecified atom stereocenters. The Labute approximate surface area is 113 Å². The standard InChI is InChI=1S/C13H17NO2.BrH/c1-3-14(4-2)16-13(15)11-10-12-8-6-5-7-9-12;/h5-11H,3-4H2,1-2H3;1H. The van der Waals surface area contributed by atoms with Crippen molar-refractivity contribution in [2.45, 2.75) is 13.8 Å². The molecule has 0 aromatic heterocycles. The number of benzene rings is 1. The van der Waals surface area contributed by atoms with E-state index in [-0.39, 0.29) is 23.0 Å². The van der Waals surface area contributed by atoms with Crippen LogP contribution in [0.15, 0.2) is 36.4 Å². The minimum absolute atomic E-state index is 0. The molecule has 0 saturated heterocycles. The van der Waals surface area contributed by atoms with E-state index in [1.807, 2.05) is 44.2 Å². The lowest BCUT2D eigenvalue weighted by Gasteiger charge is -2.15. The maximum atomic E-state index is 11.4. The molecule has 0 heterocycles. The molecule has 0 aliphatic rings. The third kappa shape index (κ3) is 6.24. The van der Waals surface area contributed by atoms with Crippen LogP contribution in [0.4, 0.5) is 0 Å². The largest absolute Gasteiger partial charge is 0.364 e. The first kappa shape index (κ1) is 15.9. The molecular formula is C13H18BrNO2. The lowest BCUT2D eigenvalue weighted by Crippen LogP contribution is -2.25. The van der Waals surface area contributed by atoms with Gasteiger partial charge in [0.15, 0.2) is 0 Å². The highest BCUT2D eigenvalue weighted by atomic mass is 79.9. The lowest BCUT2D eigenvalue weighted by molar-refractivity contribution is -0.182. The highest BCUT2D eigenvalue weighted by Crippen LogP contribution is 2.01. The maximum Gasteiger partial charge on any atom is 0.349 e. The van der Waals surface area contributed by atoms with Gasteiger partial charge in [-0.05, 0) is 25.5 Å². The number of rotatable bonds is 5. The van der Waals surface area contributed by atoms with Gasteiger partial charge in [0.25, 0.3) is 0 Å². The molecule has 0 fully saturated rings. The average molecular weight is 300 g/mol. The Morgan fingerprint density at radius 1 is 1.24 bits per heavy atom. The summed E-state index contributed by atoms with van der Waals surface area (Å²) in [4.78, 5) is 16.5. The molecule has 0 atom stereocenters. The van der Waals surface area contributed by atoms with Gasteiger partial charge in [0.05, 0.1) is 0 Å². The molecule has 4 heteroatoms. The quantitative estimate of drug-likeness (QED) is 0.618. The Morgan fingerprint density at radius 3 is 2.35 bits per heavy atom. The van der Waals surface area contributed by atoms with Crippen LogP contribution in [-0.4, -0.2) is 24.1 Å². The molecular weight excluding hydrogens is 282 g/mol. The van der Waals surface area contributed by atoms with Crippen LogP contribution in [0.2, 0.25) is 0 Å². The third-order valence-corrected chi connectivity index (χ3v) is 2.14. The summed E-state index contributed by atoms with van der Waals surface area (Å²) in [6.45, 7) is 5.28. The van der Waals surface area contributed by atoms with Crippen molar-refractivity contribution >= 4 is 29.0 Å². The van der Waals surface area contributed by atoms with Crippen LogP contribution in [0, 0.1) is 0 Å². The van der Waals surface area contributed by atoms with E-state index in [1.165, 1.54) is 6.08 Å². The third-order valence-electron chi connectivity index (χ3n) is 2.14. The van der Waals surface area contributed by atoms with E-state index in [0.717, 1.165) is 5.56 Å². The van der Waals surface area contributed by atoms with Gasteiger partial charge in [0, 0.05) is 19.2 Å². The molecule has 0 aliphatic heterocycles. The Kier molecular flexibility index (Phi) is 8.36. The zero-order chi connectivity index (χ0) is 11.8. The van der Waals surface area contributed by atoms with Crippen LogP contribution in [0.5, 0.6) is 0 Å². The second-order valence-electron chi connectivity index (χ2n) is 3.27. The number of hydrogen-bond acceptors (Lipinski definition) is 3. The van der Waals surface area contributed by atoms with Gasteiger partial charge < -0.3 is 4.84 Å². The molecule has 1 aromatic carbocycles. The minimum atomic E-state index is -0.340. The van der Waals surface area contributed by atoms with Crippen LogP contribution in [0.1, 0.15) is 19.4 Å². The first-order valence-electron chi connectivity index (χ1n) is 5.46. The van der Waals surface area contributed by atoms with Crippen LogP contribution >= 0.6 is 17.0 Å². The predicted molar refractivity (Wildman–Crippen MR) is 74.8 cm³/mol. The van der Waals surface area contributed by atoms with E-state index in [1.54, 1.807) is 11.1 Å². The summed E-state index contributed by atoms with van der Waals surface area (Å²) in [7, 11) is 0. The van der Waals surface area contributed by atoms with Crippen molar-refractivity contribution < 1.29 is 9.63 Å². The summed E-state index contributed by atoms with van der Waals surface area (Å²) >= 11 is 0. The van der Waals surface area contributed by atoms with Crippen LogP contribution in [0.25, 0.3) is 6.08 Å². The van der Waals surface area contributed by atoms with Crippen molar-refractivity contribution in [2.75, 3.05) is 13.1 Å². The molecule has 0 aliphatic carbocycles. The maximum absolute atomic E-state index is 11.4. The van der Waals surface area contributed by atoms with E-state index in [0.29, 0.717) is 13.1 Å². The fourth-order valence-corrected chi connectivity index (χ4v) is 1.24. The molecule has 17 heavy (non-hydrogen) atoms. The highest BCUT2D eigenvalue weighted by molar-refractivity contribution is 8.93. The highest BCUT2D eigenvalue weighted by Gasteiger charge is 2.03. The van der Waals surface area contributed by atoms with Crippen LogP contribution in [-0.2, 0) is 9.63 Å². The molecule has 0 radical (unpaired) electrons. The molecule has 3 nitrogen and oxygen atoms in total. The number of nitrogens with zero attached hydrogens (tertiary/aromatic N) is 1. The lowest BCUT2D eigenvalue weighted by atomic mass is 10.2. The van der Waals surface area contributed by atoms with Crippen molar-refractivity contribution in [3.63, 3.8) is 0 Å². The van der Waals surface area contributed by atoms with Crippen LogP contribution < -0.4 is 0 Å². The topological polar surface area (TPSA) is 29.5 Å². The zero-order valence-corrected chi connectivity index (χ0v) is 11.8. The Morgan fingerprint density at radius 2 is 1.82 bits per heavy atom. The Balaban J connectivity index is 0.00000256. The molecule has 0 saturated carbocycles. The summed E-state index contributed by atoms with van der Waals surface area (Å²) in [5.41, 5.74) is 0.985. The van der Waals surface area contributed by atoms with Crippen molar-refractivity contribution in [3.05, 3.63) is 42.0 Å². The van der Waals surface area contributed by atoms with E-state index >= 15 is 0 Å². The Hall–Kier alpha value is -1.13. The molecule has 0 amide bonds. The van der Waals surface area contributed by atoms with Crippen molar-refractivity contribution in [1.82, 2.24) is 5.06 Å². The average Bonchev–Trinajstić information content (AvgIpc) is 2.34. The zero-order valence-electron chi connectivity index (χ0n) is 10.1. The van der Waals surface area contributed by atoms with Gasteiger partial charge in [-0.3, -0.25) is 0 Å². The van der Waals surface area contributed by atoms with Crippen molar-refractivity contribution in [2.24, 2.45) is 0 Å². The van der Waals surface area contributed by atoms with Gasteiger partial charge in [-0.25, -0.2) is 4.79 Å². The first-order chi connectivity index (χ1) is 7.76. The van der Waals surface area contributed by atoms with E-state index in [4.69, 9.17) is 4.84 Å². The number of carbonyl (C=O) groups excluding carboxylic acids is 1. The second-order valence-corrected chi connectivity index (χ2v) is 3.27. The fourth-order valence-electron chi connectivity index (χ4n) is 1.24. The Bertz CT molecular complexity index is 348. The second kappa shape index (κ2) is 8.96. The van der Waals surface area contributed by atoms with Gasteiger partial charge >= 0.3 is 5.97 Å². The number of carbonyl (C=O) groups is 1. The van der Waals surface area contributed by atoms with E-state index < -0.39 is 0 Å². The fraction of sp³-hybridized carbons (Fsp3) is 0.308. The number of hydrogen-bond donors (Lipinski definition) is 0. The molecule has 1 rings (SSSR count). The smallest absolute Gasteiger partial charge is 0.349 e. The number of hydroxylamine groups is 2. The SMILES string of the molecule is Br.CCN(CC)OC(=O)C=Cc1ccccc1. The van der Waals surface area contributed by atoms with Crippen LogP contribution in [0.3, 0.4) is 0 Å². The van der Waals surface area contributed by atoms with E-state index in [9.17, 15) is 4.79 Å². The summed E-state index contributed by atoms with van der Waals surface area (Å²) in [5, 5.41) is 1.61. The van der Waals surface area contributed by atoms with Crippen molar-refractivity contribution in [3.8, 4) is 0 Å². The van der Waals surface area contributed by atoms with Gasteiger partial charge in [-0.2, -0.15) is 0 Å². The van der Waals surface area contributed by atoms with Gasteiger partial charge in [0.2, 0.25) is 0 Å². The normalized spacial score (nSPS) is 10.3. The molecule has 1 aromatic rings. The van der Waals surface area contributed by atoms with Gasteiger partial charge in [0.1, 0.15) is 0 Å². The summed E-state index contributed by atoms with van der Waals surface area (Å²) < 4.78 is 0.